The predicted octanol–water partition coefficient (Wildman–Crippen LogP) is 0.0496. The third kappa shape index (κ3) is 2.93. The number of rotatable bonds is 3. The Morgan fingerprint density at radius 2 is 2.25 bits per heavy atom. The van der Waals surface area contributed by atoms with Gasteiger partial charge in [-0.15, -0.1) is 0 Å². The first-order chi connectivity index (χ1) is 7.56. The van der Waals surface area contributed by atoms with Crippen LogP contribution < -0.4 is 5.32 Å². The minimum absolute atomic E-state index is 0.169. The van der Waals surface area contributed by atoms with Gasteiger partial charge in [0.05, 0.1) is 13.2 Å². The van der Waals surface area contributed by atoms with E-state index in [1.807, 2.05) is 0 Å². The van der Waals surface area contributed by atoms with Crippen LogP contribution >= 0.6 is 0 Å². The number of carbonyl (C=O) groups excluding carboxylic acids is 2. The van der Waals surface area contributed by atoms with Gasteiger partial charge in [-0.1, -0.05) is 13.2 Å². The fourth-order valence-electron chi connectivity index (χ4n) is 1.43. The summed E-state index contributed by atoms with van der Waals surface area (Å²) in [6.07, 6.45) is 0.723. The molecule has 0 bridgehead atoms. The summed E-state index contributed by atoms with van der Waals surface area (Å²) >= 11 is 0. The quantitative estimate of drug-likeness (QED) is 0.689. The first kappa shape index (κ1) is 12.4. The fourth-order valence-corrected chi connectivity index (χ4v) is 1.43. The van der Waals surface area contributed by atoms with Crippen LogP contribution in [0.1, 0.15) is 6.92 Å². The molecule has 0 radical (unpaired) electrons. The van der Waals surface area contributed by atoms with Gasteiger partial charge in [-0.2, -0.15) is 0 Å². The highest BCUT2D eigenvalue weighted by molar-refractivity contribution is 5.93. The Morgan fingerprint density at radius 1 is 1.56 bits per heavy atom. The molecule has 88 valence electrons. The SMILES string of the molecule is C=CC(=O)NC1COCCN1C(=O)C(=C)C. The number of amides is 2. The molecule has 1 unspecified atom stereocenters. The van der Waals surface area contributed by atoms with Crippen LogP contribution in [0.15, 0.2) is 24.8 Å². The van der Waals surface area contributed by atoms with Crippen LogP contribution in [0.4, 0.5) is 0 Å². The van der Waals surface area contributed by atoms with Crippen LogP contribution in [0.2, 0.25) is 0 Å². The summed E-state index contributed by atoms with van der Waals surface area (Å²) in [6, 6.07) is 0. The van der Waals surface area contributed by atoms with E-state index in [0.29, 0.717) is 25.3 Å². The van der Waals surface area contributed by atoms with E-state index >= 15 is 0 Å². The molecule has 1 fully saturated rings. The van der Waals surface area contributed by atoms with E-state index in [0.717, 1.165) is 6.08 Å². The number of hydrogen-bond donors (Lipinski definition) is 1. The molecule has 0 saturated carbocycles. The largest absolute Gasteiger partial charge is 0.376 e. The predicted molar refractivity (Wildman–Crippen MR) is 59.5 cm³/mol. The molecule has 1 atom stereocenters. The summed E-state index contributed by atoms with van der Waals surface area (Å²) in [5, 5.41) is 2.64. The number of hydrogen-bond acceptors (Lipinski definition) is 3. The second-order valence-electron chi connectivity index (χ2n) is 3.58. The Hall–Kier alpha value is -1.62. The van der Waals surface area contributed by atoms with Crippen LogP contribution in [-0.2, 0) is 14.3 Å². The number of nitrogens with one attached hydrogen (secondary N) is 1. The maximum atomic E-state index is 11.8. The van der Waals surface area contributed by atoms with Gasteiger partial charge in [-0.3, -0.25) is 9.59 Å². The van der Waals surface area contributed by atoms with Crippen LogP contribution in [0, 0.1) is 0 Å². The molecule has 1 aliphatic rings. The standard InChI is InChI=1S/C11H16N2O3/c1-4-10(14)12-9-7-16-6-5-13(9)11(15)8(2)3/h4,9H,1-2,5-7H2,3H3,(H,12,14). The van der Waals surface area contributed by atoms with Gasteiger partial charge in [0.2, 0.25) is 5.91 Å². The number of nitrogens with zero attached hydrogens (tertiary/aromatic N) is 1. The summed E-state index contributed by atoms with van der Waals surface area (Å²) in [7, 11) is 0. The highest BCUT2D eigenvalue weighted by Gasteiger charge is 2.28. The van der Waals surface area contributed by atoms with Crippen molar-refractivity contribution in [2.45, 2.75) is 13.1 Å². The van der Waals surface area contributed by atoms with Crippen molar-refractivity contribution in [3.05, 3.63) is 24.8 Å². The van der Waals surface area contributed by atoms with Gasteiger partial charge < -0.3 is 15.0 Å². The Balaban J connectivity index is 2.70. The summed E-state index contributed by atoms with van der Waals surface area (Å²) in [6.45, 7) is 9.81. The minimum Gasteiger partial charge on any atom is -0.376 e. The van der Waals surface area contributed by atoms with Crippen molar-refractivity contribution >= 4 is 11.8 Å². The van der Waals surface area contributed by atoms with Gasteiger partial charge in [0.1, 0.15) is 6.17 Å². The minimum atomic E-state index is -0.441. The number of ether oxygens (including phenoxy) is 1. The Bertz CT molecular complexity index is 325. The second-order valence-corrected chi connectivity index (χ2v) is 3.58. The van der Waals surface area contributed by atoms with E-state index < -0.39 is 6.17 Å². The molecular formula is C11H16N2O3. The molecule has 5 heteroatoms. The van der Waals surface area contributed by atoms with E-state index in [1.165, 1.54) is 0 Å². The Kier molecular flexibility index (Phi) is 4.25. The first-order valence-corrected chi connectivity index (χ1v) is 5.03. The monoisotopic (exact) mass is 224 g/mol. The molecule has 2 amide bonds. The van der Waals surface area contributed by atoms with E-state index in [-0.39, 0.29) is 11.8 Å². The van der Waals surface area contributed by atoms with Gasteiger partial charge in [0.25, 0.3) is 5.91 Å². The normalized spacial score (nSPS) is 20.1. The molecule has 1 saturated heterocycles. The summed E-state index contributed by atoms with van der Waals surface area (Å²) in [5.74, 6) is -0.493. The van der Waals surface area contributed by atoms with Gasteiger partial charge in [0, 0.05) is 12.1 Å². The number of carbonyl (C=O) groups is 2. The Labute approximate surface area is 94.7 Å². The van der Waals surface area contributed by atoms with Crippen molar-refractivity contribution in [2.75, 3.05) is 19.8 Å². The van der Waals surface area contributed by atoms with Crippen LogP contribution in [0.25, 0.3) is 0 Å². The topological polar surface area (TPSA) is 58.6 Å². The van der Waals surface area contributed by atoms with Gasteiger partial charge in [-0.05, 0) is 13.0 Å². The van der Waals surface area contributed by atoms with Gasteiger partial charge in [0.15, 0.2) is 0 Å². The summed E-state index contributed by atoms with van der Waals surface area (Å²) in [4.78, 5) is 24.5. The molecule has 16 heavy (non-hydrogen) atoms. The highest BCUT2D eigenvalue weighted by Crippen LogP contribution is 2.08. The molecule has 1 rings (SSSR count). The van der Waals surface area contributed by atoms with E-state index in [1.54, 1.807) is 11.8 Å². The zero-order valence-corrected chi connectivity index (χ0v) is 9.36. The lowest BCUT2D eigenvalue weighted by Gasteiger charge is -2.35. The molecule has 0 aromatic heterocycles. The molecule has 0 aliphatic carbocycles. The third-order valence-corrected chi connectivity index (χ3v) is 2.25. The zero-order chi connectivity index (χ0) is 12.1. The lowest BCUT2D eigenvalue weighted by Crippen LogP contribution is -2.57. The van der Waals surface area contributed by atoms with Gasteiger partial charge in [-0.25, -0.2) is 0 Å². The van der Waals surface area contributed by atoms with Crippen LogP contribution in [-0.4, -0.2) is 42.6 Å². The van der Waals surface area contributed by atoms with Crippen LogP contribution in [0.3, 0.4) is 0 Å². The van der Waals surface area contributed by atoms with Crippen molar-refractivity contribution in [3.8, 4) is 0 Å². The van der Waals surface area contributed by atoms with Crippen molar-refractivity contribution < 1.29 is 14.3 Å². The lowest BCUT2D eigenvalue weighted by molar-refractivity contribution is -0.138. The van der Waals surface area contributed by atoms with Gasteiger partial charge >= 0.3 is 0 Å². The smallest absolute Gasteiger partial charge is 0.250 e. The van der Waals surface area contributed by atoms with Crippen molar-refractivity contribution in [2.24, 2.45) is 0 Å². The first-order valence-electron chi connectivity index (χ1n) is 5.03. The highest BCUT2D eigenvalue weighted by atomic mass is 16.5. The molecule has 0 spiro atoms. The lowest BCUT2D eigenvalue weighted by atomic mass is 10.2. The van der Waals surface area contributed by atoms with E-state index in [4.69, 9.17) is 4.74 Å². The number of morpholine rings is 1. The second kappa shape index (κ2) is 5.46. The molecular weight excluding hydrogens is 208 g/mol. The zero-order valence-electron chi connectivity index (χ0n) is 9.36. The maximum Gasteiger partial charge on any atom is 0.250 e. The average Bonchev–Trinajstić information content (AvgIpc) is 2.28. The van der Waals surface area contributed by atoms with Crippen molar-refractivity contribution in [1.29, 1.82) is 0 Å². The summed E-state index contributed by atoms with van der Waals surface area (Å²) in [5.41, 5.74) is 0.444. The molecule has 5 nitrogen and oxygen atoms in total. The maximum absolute atomic E-state index is 11.8. The van der Waals surface area contributed by atoms with E-state index in [2.05, 4.69) is 18.5 Å². The molecule has 1 aliphatic heterocycles. The molecule has 1 heterocycles. The van der Waals surface area contributed by atoms with Crippen molar-refractivity contribution in [3.63, 3.8) is 0 Å². The molecule has 1 N–H and O–H groups in total. The third-order valence-electron chi connectivity index (χ3n) is 2.25. The van der Waals surface area contributed by atoms with E-state index in [9.17, 15) is 9.59 Å². The fraction of sp³-hybridized carbons (Fsp3) is 0.455. The average molecular weight is 224 g/mol. The summed E-state index contributed by atoms with van der Waals surface area (Å²) < 4.78 is 5.22. The van der Waals surface area contributed by atoms with Crippen molar-refractivity contribution in [1.82, 2.24) is 10.2 Å². The van der Waals surface area contributed by atoms with Crippen LogP contribution in [0.5, 0.6) is 0 Å². The molecule has 0 aromatic carbocycles. The molecule has 0 aromatic rings. The Morgan fingerprint density at radius 3 is 2.81 bits per heavy atom.